The number of fused-ring (bicyclic) bond motifs is 7. The lowest BCUT2D eigenvalue weighted by atomic mass is 9.89. The molecule has 3 amide bonds. The number of anilines is 2. The van der Waals surface area contributed by atoms with Gasteiger partial charge in [0.25, 0.3) is 0 Å². The number of ether oxygens (including phenoxy) is 1. The summed E-state index contributed by atoms with van der Waals surface area (Å²) in [4.78, 5) is 57.9. The molecule has 2 N–H and O–H groups in total. The van der Waals surface area contributed by atoms with Crippen molar-refractivity contribution in [3.63, 3.8) is 0 Å². The highest BCUT2D eigenvalue weighted by Gasteiger charge is 2.51. The van der Waals surface area contributed by atoms with E-state index < -0.39 is 23.4 Å². The summed E-state index contributed by atoms with van der Waals surface area (Å²) in [5.41, 5.74) is 3.49. The van der Waals surface area contributed by atoms with Gasteiger partial charge in [0, 0.05) is 43.3 Å². The van der Waals surface area contributed by atoms with Crippen LogP contribution in [0.4, 0.5) is 20.6 Å². The predicted molar refractivity (Wildman–Crippen MR) is 162 cm³/mol. The second kappa shape index (κ2) is 10.9. The highest BCUT2D eigenvalue weighted by Crippen LogP contribution is 2.46. The van der Waals surface area contributed by atoms with Crippen LogP contribution in [0.25, 0.3) is 17.2 Å². The van der Waals surface area contributed by atoms with Crippen LogP contribution in [0.15, 0.2) is 48.7 Å². The number of nitrogens with zero attached hydrogens (tertiary/aromatic N) is 2. The van der Waals surface area contributed by atoms with E-state index in [1.54, 1.807) is 23.2 Å². The number of aromatic nitrogens is 1. The van der Waals surface area contributed by atoms with Crippen molar-refractivity contribution in [2.45, 2.75) is 50.0 Å². The number of likely N-dealkylation sites (tertiary alicyclic amines) is 1. The van der Waals surface area contributed by atoms with Crippen LogP contribution in [-0.4, -0.2) is 46.7 Å². The van der Waals surface area contributed by atoms with Gasteiger partial charge >= 0.3 is 6.09 Å². The van der Waals surface area contributed by atoms with E-state index in [4.69, 9.17) is 16.3 Å². The normalized spacial score (nSPS) is 22.5. The topological polar surface area (TPSA) is 118 Å². The summed E-state index contributed by atoms with van der Waals surface area (Å²) in [5.74, 6) is -1.67. The molecule has 1 spiro atoms. The number of allylic oxidation sites excluding steroid dienone is 1. The first-order chi connectivity index (χ1) is 21.2. The van der Waals surface area contributed by atoms with E-state index in [1.807, 2.05) is 24.3 Å². The van der Waals surface area contributed by atoms with Crippen molar-refractivity contribution in [2.75, 3.05) is 23.7 Å². The smallest absolute Gasteiger partial charge is 0.412 e. The zero-order valence-electron chi connectivity index (χ0n) is 23.6. The predicted octanol–water partition coefficient (Wildman–Crippen LogP) is 5.97. The minimum Gasteiger partial charge on any atom is -0.436 e. The van der Waals surface area contributed by atoms with Gasteiger partial charge in [-0.15, -0.1) is 0 Å². The molecule has 1 aromatic heterocycles. The second-order valence-electron chi connectivity index (χ2n) is 11.7. The zero-order valence-corrected chi connectivity index (χ0v) is 24.4. The Morgan fingerprint density at radius 1 is 1.07 bits per heavy atom. The molecule has 1 unspecified atom stereocenters. The van der Waals surface area contributed by atoms with E-state index >= 15 is 4.39 Å². The van der Waals surface area contributed by atoms with E-state index in [9.17, 15) is 19.2 Å². The number of hydrogen-bond acceptors (Lipinski definition) is 6. The lowest BCUT2D eigenvalue weighted by Gasteiger charge is -2.36. The van der Waals surface area contributed by atoms with Crippen molar-refractivity contribution >= 4 is 52.7 Å². The van der Waals surface area contributed by atoms with E-state index in [-0.39, 0.29) is 66.2 Å². The molecule has 11 heteroatoms. The number of ketones is 1. The summed E-state index contributed by atoms with van der Waals surface area (Å²) < 4.78 is 21.0. The van der Waals surface area contributed by atoms with E-state index in [0.29, 0.717) is 30.6 Å². The van der Waals surface area contributed by atoms with Crippen LogP contribution in [-0.2, 0) is 31.1 Å². The summed E-state index contributed by atoms with van der Waals surface area (Å²) in [7, 11) is 0. The van der Waals surface area contributed by atoms with Gasteiger partial charge in [-0.1, -0.05) is 24.1 Å². The fourth-order valence-electron chi connectivity index (χ4n) is 6.73. The van der Waals surface area contributed by atoms with Crippen LogP contribution in [0.2, 0.25) is 5.02 Å². The van der Waals surface area contributed by atoms with E-state index in [2.05, 4.69) is 15.6 Å². The molecule has 1 saturated heterocycles. The van der Waals surface area contributed by atoms with Gasteiger partial charge in [-0.2, -0.15) is 0 Å². The molecule has 1 fully saturated rings. The molecule has 0 saturated carbocycles. The largest absolute Gasteiger partial charge is 0.436 e. The summed E-state index contributed by atoms with van der Waals surface area (Å²) >= 11 is 6.10. The highest BCUT2D eigenvalue weighted by atomic mass is 35.5. The Balaban J connectivity index is 1.24. The van der Waals surface area contributed by atoms with Crippen LogP contribution >= 0.6 is 11.6 Å². The maximum atomic E-state index is 15.3. The molecule has 2 bridgehead atoms. The number of halogens is 2. The number of nitrogens with one attached hydrogen (secondary N) is 2. The Bertz CT molecular complexity index is 1790. The highest BCUT2D eigenvalue weighted by molar-refractivity contribution is 6.31. The lowest BCUT2D eigenvalue weighted by Crippen LogP contribution is -2.44. The van der Waals surface area contributed by atoms with Crippen molar-refractivity contribution in [3.05, 3.63) is 81.9 Å². The summed E-state index contributed by atoms with van der Waals surface area (Å²) in [6, 6.07) is 10.4. The van der Waals surface area contributed by atoms with Crippen LogP contribution in [0.1, 0.15) is 60.4 Å². The minimum absolute atomic E-state index is 0.00162. The van der Waals surface area contributed by atoms with Gasteiger partial charge in [-0.05, 0) is 72.0 Å². The number of amides is 3. The molecule has 7 rings (SSSR count). The van der Waals surface area contributed by atoms with Gasteiger partial charge in [-0.3, -0.25) is 24.7 Å². The number of carbonyl (C=O) groups excluding carboxylic acids is 4. The third-order valence-corrected chi connectivity index (χ3v) is 9.17. The van der Waals surface area contributed by atoms with Gasteiger partial charge in [0.2, 0.25) is 11.8 Å². The van der Waals surface area contributed by atoms with Crippen molar-refractivity contribution < 1.29 is 28.3 Å². The van der Waals surface area contributed by atoms with Crippen LogP contribution in [0.3, 0.4) is 0 Å². The van der Waals surface area contributed by atoms with Gasteiger partial charge in [-0.25, -0.2) is 9.18 Å². The van der Waals surface area contributed by atoms with Crippen molar-refractivity contribution in [1.82, 2.24) is 9.88 Å². The lowest BCUT2D eigenvalue weighted by molar-refractivity contribution is -0.133. The molecule has 0 radical (unpaired) electrons. The number of pyridine rings is 1. The van der Waals surface area contributed by atoms with E-state index in [0.717, 1.165) is 22.3 Å². The molecule has 2 atom stereocenters. The first-order valence-electron chi connectivity index (χ1n) is 14.6. The number of rotatable bonds is 1. The molecular formula is C33H28ClFN4O5. The molecular weight excluding hydrogens is 587 g/mol. The molecule has 44 heavy (non-hydrogen) atoms. The van der Waals surface area contributed by atoms with Crippen molar-refractivity contribution in [3.8, 4) is 11.1 Å². The molecule has 4 aliphatic rings. The van der Waals surface area contributed by atoms with Crippen molar-refractivity contribution in [2.24, 2.45) is 0 Å². The molecule has 4 heterocycles. The second-order valence-corrected chi connectivity index (χ2v) is 12.1. The Labute approximate surface area is 257 Å². The fourth-order valence-corrected chi connectivity index (χ4v) is 6.89. The third-order valence-electron chi connectivity index (χ3n) is 8.88. The van der Waals surface area contributed by atoms with Gasteiger partial charge in [0.05, 0.1) is 34.4 Å². The van der Waals surface area contributed by atoms with Gasteiger partial charge in [0.1, 0.15) is 0 Å². The summed E-state index contributed by atoms with van der Waals surface area (Å²) in [6.45, 7) is 0.221. The molecule has 224 valence electrons. The van der Waals surface area contributed by atoms with Crippen LogP contribution in [0.5, 0.6) is 0 Å². The maximum Gasteiger partial charge on any atom is 0.412 e. The Kier molecular flexibility index (Phi) is 6.96. The SMILES string of the molecule is O=C1C=Cc2cc3c(cc2C1)NC(=O)CCCCC(C(=O)N1CC[C@@]2(C1)OC(=O)Nc1ccc(Cl)c(F)c12)c1cc-3ccn1. The maximum absolute atomic E-state index is 15.3. The average Bonchev–Trinajstić information content (AvgIpc) is 3.41. The first-order valence-corrected chi connectivity index (χ1v) is 15.0. The average molecular weight is 615 g/mol. The monoisotopic (exact) mass is 614 g/mol. The fraction of sp³-hybridized carbons (Fsp3) is 0.303. The Morgan fingerprint density at radius 2 is 1.93 bits per heavy atom. The molecule has 9 nitrogen and oxygen atoms in total. The molecule has 1 aliphatic carbocycles. The molecule has 3 aliphatic heterocycles. The summed E-state index contributed by atoms with van der Waals surface area (Å²) in [6.07, 6.45) is 6.60. The number of benzene rings is 2. The minimum atomic E-state index is -1.37. The van der Waals surface area contributed by atoms with Crippen LogP contribution in [0, 0.1) is 5.82 Å². The standard InChI is InChI=1S/C33H28ClFN4O5/c34-24-7-8-25-29(30(24)35)33(44-32(43)38-25)10-12-39(17-33)31(42)22-3-1-2-4-28(41)37-27-16-20-13-21(40)6-5-18(20)14-23(27)19-9-11-36-26(22)15-19/h5-9,11,14-16,22H,1-4,10,12-13,17H2,(H,37,41)(H,38,43)/t22?,33-/m0/s1. The molecule has 2 aromatic carbocycles. The number of carbonyl (C=O) groups is 4. The third kappa shape index (κ3) is 4.93. The van der Waals surface area contributed by atoms with Crippen LogP contribution < -0.4 is 10.6 Å². The van der Waals surface area contributed by atoms with Gasteiger partial charge in [0.15, 0.2) is 17.2 Å². The zero-order chi connectivity index (χ0) is 30.6. The Morgan fingerprint density at radius 3 is 2.80 bits per heavy atom. The van der Waals surface area contributed by atoms with E-state index in [1.165, 1.54) is 12.1 Å². The molecule has 3 aromatic rings. The Hall–Kier alpha value is -4.57. The quantitative estimate of drug-likeness (QED) is 0.349. The first kappa shape index (κ1) is 28.2. The van der Waals surface area contributed by atoms with Crippen molar-refractivity contribution in [1.29, 1.82) is 0 Å². The summed E-state index contributed by atoms with van der Waals surface area (Å²) in [5, 5.41) is 5.47. The van der Waals surface area contributed by atoms with Gasteiger partial charge < -0.3 is 15.0 Å². The number of hydrogen-bond donors (Lipinski definition) is 2.